The van der Waals surface area contributed by atoms with E-state index < -0.39 is 37.4 Å². The van der Waals surface area contributed by atoms with Crippen LogP contribution in [0.3, 0.4) is 0 Å². The number of carboxylic acids is 1. The molecular weight excluding hydrogens is 723 g/mol. The first-order valence-electron chi connectivity index (χ1n) is 19.7. The molecule has 2 aromatic carbocycles. The summed E-state index contributed by atoms with van der Waals surface area (Å²) in [7, 11) is -3.79. The largest absolute Gasteiger partial charge is 0.508 e. The monoisotopic (exact) mass is 794 g/mol. The highest BCUT2D eigenvalue weighted by molar-refractivity contribution is 7.59. The van der Waals surface area contributed by atoms with Gasteiger partial charge in [-0.3, -0.25) is 18.9 Å². The molecule has 314 valence electrons. The molecule has 0 aliphatic rings. The Balaban J connectivity index is 0.00000454. The predicted octanol–water partition coefficient (Wildman–Crippen LogP) is 7.45. The zero-order valence-corrected chi connectivity index (χ0v) is 35.8. The number of carbonyl (C=O) groups is 3. The second-order valence-corrected chi connectivity index (χ2v) is 15.8. The number of phenolic OH excluding ortho intramolecular Hbond substituents is 1. The molecule has 13 nitrogen and oxygen atoms in total. The maximum Gasteiger partial charge on any atom is 0.323 e. The summed E-state index contributed by atoms with van der Waals surface area (Å²) in [6.45, 7) is 18.4. The zero-order chi connectivity index (χ0) is 42.0. The number of phenols is 1. The first-order valence-corrected chi connectivity index (χ1v) is 21.6. The van der Waals surface area contributed by atoms with Gasteiger partial charge in [0, 0.05) is 6.92 Å². The molecule has 0 aliphatic carbocycles. The lowest BCUT2D eigenvalue weighted by atomic mass is 9.93. The van der Waals surface area contributed by atoms with Crippen LogP contribution in [0.2, 0.25) is 0 Å². The molecule has 0 spiro atoms. The smallest absolute Gasteiger partial charge is 0.323 e. The van der Waals surface area contributed by atoms with Gasteiger partial charge in [-0.25, -0.2) is 10.2 Å². The van der Waals surface area contributed by atoms with Crippen LogP contribution in [0.25, 0.3) is 0 Å². The van der Waals surface area contributed by atoms with E-state index in [4.69, 9.17) is 35.6 Å². The highest BCUT2D eigenvalue weighted by Crippen LogP contribution is 2.40. The van der Waals surface area contributed by atoms with Crippen molar-refractivity contribution in [1.29, 1.82) is 0 Å². The number of benzene rings is 2. The SMILES string of the molecule is CC.CC(=O)O.CCCOC(=O)C(CCCCN)NP(=O)(COc1cc(C)c(Cc2ccc(O)c(C(C)C)c2)c(C)c1)NC(CCCCN)C(=O)OCCC. The van der Waals surface area contributed by atoms with Crippen molar-refractivity contribution in [3.63, 3.8) is 0 Å². The molecule has 0 fully saturated rings. The summed E-state index contributed by atoms with van der Waals surface area (Å²) in [5.74, 6) is -0.862. The van der Waals surface area contributed by atoms with Gasteiger partial charge in [0.25, 0.3) is 5.97 Å². The molecule has 2 rings (SSSR count). The third kappa shape index (κ3) is 20.9. The van der Waals surface area contributed by atoms with Crippen molar-refractivity contribution < 1.29 is 43.4 Å². The van der Waals surface area contributed by atoms with Crippen molar-refractivity contribution in [3.05, 3.63) is 58.1 Å². The summed E-state index contributed by atoms with van der Waals surface area (Å²) >= 11 is 0. The van der Waals surface area contributed by atoms with Crippen molar-refractivity contribution in [2.75, 3.05) is 32.7 Å². The number of carboxylic acid groups (broad SMARTS) is 1. The van der Waals surface area contributed by atoms with Gasteiger partial charge in [0.2, 0.25) is 7.44 Å². The first kappa shape index (κ1) is 51.5. The summed E-state index contributed by atoms with van der Waals surface area (Å²) in [5.41, 5.74) is 16.5. The molecule has 14 heteroatoms. The number of rotatable bonds is 24. The highest BCUT2D eigenvalue weighted by Gasteiger charge is 2.36. The molecule has 2 unspecified atom stereocenters. The fourth-order valence-corrected chi connectivity index (χ4v) is 7.57. The van der Waals surface area contributed by atoms with Gasteiger partial charge in [0.1, 0.15) is 23.6 Å². The van der Waals surface area contributed by atoms with Crippen LogP contribution in [-0.2, 0) is 34.8 Å². The summed E-state index contributed by atoms with van der Waals surface area (Å²) < 4.78 is 31.9. The Morgan fingerprint density at radius 2 is 1.27 bits per heavy atom. The van der Waals surface area contributed by atoms with Crippen LogP contribution in [-0.4, -0.2) is 72.9 Å². The second-order valence-electron chi connectivity index (χ2n) is 13.6. The third-order valence-electron chi connectivity index (χ3n) is 8.27. The van der Waals surface area contributed by atoms with Gasteiger partial charge in [0.05, 0.1) is 13.2 Å². The van der Waals surface area contributed by atoms with Gasteiger partial charge in [-0.15, -0.1) is 0 Å². The van der Waals surface area contributed by atoms with Gasteiger partial charge < -0.3 is 35.9 Å². The average molecular weight is 795 g/mol. The van der Waals surface area contributed by atoms with E-state index in [-0.39, 0.29) is 25.5 Å². The van der Waals surface area contributed by atoms with Crippen molar-refractivity contribution >= 4 is 25.4 Å². The quantitative estimate of drug-likeness (QED) is 0.0347. The minimum atomic E-state index is -3.79. The third-order valence-corrected chi connectivity index (χ3v) is 10.2. The molecule has 0 radical (unpaired) electrons. The van der Waals surface area contributed by atoms with E-state index in [1.165, 1.54) is 0 Å². The van der Waals surface area contributed by atoms with Crippen molar-refractivity contribution in [2.45, 2.75) is 138 Å². The molecule has 0 aromatic heterocycles. The summed E-state index contributed by atoms with van der Waals surface area (Å²) in [4.78, 5) is 35.3. The number of nitrogens with two attached hydrogens (primary N) is 2. The molecule has 2 atom stereocenters. The predicted molar refractivity (Wildman–Crippen MR) is 221 cm³/mol. The average Bonchev–Trinajstić information content (AvgIpc) is 3.14. The van der Waals surface area contributed by atoms with Crippen LogP contribution in [0.4, 0.5) is 0 Å². The van der Waals surface area contributed by atoms with Gasteiger partial charge in [0.15, 0.2) is 6.35 Å². The summed E-state index contributed by atoms with van der Waals surface area (Å²) in [6, 6.07) is 7.72. The van der Waals surface area contributed by atoms with Crippen LogP contribution < -0.4 is 26.4 Å². The minimum Gasteiger partial charge on any atom is -0.508 e. The van der Waals surface area contributed by atoms with Gasteiger partial charge in [-0.05, 0) is 124 Å². The van der Waals surface area contributed by atoms with Gasteiger partial charge >= 0.3 is 11.9 Å². The molecule has 0 saturated heterocycles. The molecule has 0 amide bonds. The zero-order valence-electron chi connectivity index (χ0n) is 34.9. The van der Waals surface area contributed by atoms with Crippen LogP contribution in [0.1, 0.15) is 134 Å². The maximum absolute atomic E-state index is 14.8. The number of ether oxygens (including phenoxy) is 3. The fraction of sp³-hybridized carbons (Fsp3) is 0.634. The van der Waals surface area contributed by atoms with Crippen LogP contribution >= 0.6 is 7.44 Å². The van der Waals surface area contributed by atoms with E-state index in [1.54, 1.807) is 6.07 Å². The number of aliphatic carboxylic acids is 1. The topological polar surface area (TPSA) is 213 Å². The first-order chi connectivity index (χ1) is 26.1. The van der Waals surface area contributed by atoms with Crippen LogP contribution in [0.15, 0.2) is 30.3 Å². The van der Waals surface area contributed by atoms with E-state index in [9.17, 15) is 19.3 Å². The van der Waals surface area contributed by atoms with Crippen molar-refractivity contribution in [1.82, 2.24) is 10.2 Å². The Hall–Kier alpha value is -3.48. The molecule has 55 heavy (non-hydrogen) atoms. The normalized spacial score (nSPS) is 12.9. The van der Waals surface area contributed by atoms with E-state index in [0.717, 1.165) is 34.7 Å². The minimum absolute atomic E-state index is 0.193. The molecular formula is C41H71N4O9P. The lowest BCUT2D eigenvalue weighted by Gasteiger charge is -2.29. The molecule has 2 aromatic rings. The summed E-state index contributed by atoms with van der Waals surface area (Å²) in [5, 5.41) is 23.8. The summed E-state index contributed by atoms with van der Waals surface area (Å²) in [6.07, 6.45) is 4.96. The van der Waals surface area contributed by atoms with E-state index in [1.807, 2.05) is 65.8 Å². The van der Waals surface area contributed by atoms with Gasteiger partial charge in [-0.1, -0.05) is 66.5 Å². The number of esters is 2. The number of carbonyl (C=O) groups excluding carboxylic acids is 2. The Bertz CT molecular complexity index is 1400. The molecule has 0 bridgehead atoms. The van der Waals surface area contributed by atoms with E-state index >= 15 is 0 Å². The molecule has 8 N–H and O–H groups in total. The van der Waals surface area contributed by atoms with Crippen molar-refractivity contribution in [2.24, 2.45) is 11.5 Å². The molecule has 0 heterocycles. The maximum atomic E-state index is 14.8. The van der Waals surface area contributed by atoms with Gasteiger partial charge in [-0.2, -0.15) is 0 Å². The Morgan fingerprint density at radius 3 is 1.67 bits per heavy atom. The van der Waals surface area contributed by atoms with Crippen molar-refractivity contribution in [3.8, 4) is 11.5 Å². The number of hydrogen-bond donors (Lipinski definition) is 6. The second kappa shape index (κ2) is 28.9. The lowest BCUT2D eigenvalue weighted by molar-refractivity contribution is -0.146. The van der Waals surface area contributed by atoms with Crippen LogP contribution in [0, 0.1) is 13.8 Å². The Labute approximate surface area is 330 Å². The van der Waals surface area contributed by atoms with E-state index in [2.05, 4.69) is 24.0 Å². The lowest BCUT2D eigenvalue weighted by Crippen LogP contribution is -2.45. The molecule has 0 aliphatic heterocycles. The number of unbranched alkanes of at least 4 members (excludes halogenated alkanes) is 2. The highest BCUT2D eigenvalue weighted by atomic mass is 31.2. The number of hydrogen-bond acceptors (Lipinski definition) is 10. The Morgan fingerprint density at radius 1 is 0.818 bits per heavy atom. The fourth-order valence-electron chi connectivity index (χ4n) is 5.54. The molecule has 0 saturated carbocycles. The van der Waals surface area contributed by atoms with E-state index in [0.29, 0.717) is 82.4 Å². The van der Waals surface area contributed by atoms with Crippen LogP contribution in [0.5, 0.6) is 11.5 Å². The Kier molecular flexibility index (Phi) is 27.0. The number of nitrogens with one attached hydrogen (secondary N) is 2. The number of aromatic hydroxyl groups is 1. The number of aryl methyl sites for hydroxylation is 2. The standard InChI is InChI=1S/C37H61N4O7P.C2H4O2.C2H6/c1-7-19-46-36(43)33(13-9-11-17-38)40-49(45,41-34(14-10-12-18-39)37(44)47-20-8-2)25-48-30-21-27(5)32(28(6)22-30)24-29-15-16-35(42)31(23-29)26(3)4;1-2(3)4;1-2/h15-16,21-23,26,33-34,42H,7-14,17-20,24-25,38-39H2,1-6H3,(H2,40,41,45);1H3,(H,3,4);1-2H3.